The number of hydrogen-bond donors (Lipinski definition) is 1. The van der Waals surface area contributed by atoms with Gasteiger partial charge in [0.25, 0.3) is 0 Å². The SMILES string of the molecule is CC(C)=O.O=c1[nH]cco1. The Labute approximate surface area is 57.9 Å². The standard InChI is InChI=1S/C3H3NO2.C3H6O/c5-3-4-1-2-6-3;1-3(2)4/h1-2H,(H,4,5);1-2H3. The normalized spacial score (nSPS) is 7.80. The lowest BCUT2D eigenvalue weighted by Gasteiger charge is -1.56. The highest BCUT2D eigenvalue weighted by Gasteiger charge is 1.72. The van der Waals surface area contributed by atoms with Crippen LogP contribution in [0.15, 0.2) is 21.7 Å². The average Bonchev–Trinajstić information content (AvgIpc) is 2.15. The van der Waals surface area contributed by atoms with Gasteiger partial charge in [-0.05, 0) is 13.8 Å². The highest BCUT2D eigenvalue weighted by atomic mass is 16.4. The first-order valence-corrected chi connectivity index (χ1v) is 2.72. The Morgan fingerprint density at radius 1 is 1.60 bits per heavy atom. The molecule has 0 radical (unpaired) electrons. The van der Waals surface area contributed by atoms with Crippen LogP contribution in [0.4, 0.5) is 0 Å². The Hall–Kier alpha value is -1.32. The fraction of sp³-hybridized carbons (Fsp3) is 0.333. The van der Waals surface area contributed by atoms with Crippen molar-refractivity contribution >= 4 is 5.78 Å². The Bertz CT molecular complexity index is 214. The number of H-pyrrole nitrogens is 1. The van der Waals surface area contributed by atoms with Gasteiger partial charge in [-0.3, -0.25) is 4.98 Å². The predicted molar refractivity (Wildman–Crippen MR) is 35.7 cm³/mol. The van der Waals surface area contributed by atoms with Crippen molar-refractivity contribution < 1.29 is 9.21 Å². The second-order valence-corrected chi connectivity index (χ2v) is 1.76. The third-order valence-electron chi connectivity index (χ3n) is 0.444. The minimum Gasteiger partial charge on any atom is -0.417 e. The maximum absolute atomic E-state index is 9.85. The molecule has 1 N–H and O–H groups in total. The molecule has 4 heteroatoms. The van der Waals surface area contributed by atoms with E-state index in [-0.39, 0.29) is 5.78 Å². The summed E-state index contributed by atoms with van der Waals surface area (Å²) in [5, 5.41) is 0. The van der Waals surface area contributed by atoms with E-state index in [1.807, 2.05) is 0 Å². The molecule has 0 aliphatic carbocycles. The van der Waals surface area contributed by atoms with Crippen molar-refractivity contribution in [2.75, 3.05) is 0 Å². The zero-order chi connectivity index (χ0) is 7.98. The molecule has 1 heterocycles. The number of oxazole rings is 1. The van der Waals surface area contributed by atoms with Gasteiger partial charge in [0.05, 0.1) is 0 Å². The Morgan fingerprint density at radius 2 is 2.10 bits per heavy atom. The lowest BCUT2D eigenvalue weighted by atomic mass is 10.6. The van der Waals surface area contributed by atoms with Gasteiger partial charge in [0, 0.05) is 6.20 Å². The number of ketones is 1. The van der Waals surface area contributed by atoms with E-state index in [9.17, 15) is 9.59 Å². The molecule has 0 aliphatic heterocycles. The van der Waals surface area contributed by atoms with Gasteiger partial charge < -0.3 is 9.21 Å². The highest BCUT2D eigenvalue weighted by molar-refractivity contribution is 5.72. The molecule has 1 aromatic rings. The molecule has 1 aromatic heterocycles. The van der Waals surface area contributed by atoms with E-state index < -0.39 is 5.76 Å². The van der Waals surface area contributed by atoms with Crippen molar-refractivity contribution in [1.82, 2.24) is 4.98 Å². The van der Waals surface area contributed by atoms with Crippen molar-refractivity contribution in [3.05, 3.63) is 23.0 Å². The predicted octanol–water partition coefficient (Wildman–Crippen LogP) is 0.563. The van der Waals surface area contributed by atoms with E-state index in [1.165, 1.54) is 26.3 Å². The summed E-state index contributed by atoms with van der Waals surface area (Å²) in [6.45, 7) is 3.06. The van der Waals surface area contributed by atoms with Gasteiger partial charge in [-0.15, -0.1) is 0 Å². The van der Waals surface area contributed by atoms with Crippen LogP contribution in [-0.2, 0) is 4.79 Å². The van der Waals surface area contributed by atoms with Crippen LogP contribution in [-0.4, -0.2) is 10.8 Å². The Kier molecular flexibility index (Phi) is 3.95. The molecule has 0 aliphatic rings. The number of rotatable bonds is 0. The van der Waals surface area contributed by atoms with Crippen LogP contribution in [0, 0.1) is 0 Å². The molecule has 1 rings (SSSR count). The fourth-order valence-electron chi connectivity index (χ4n) is 0.232. The van der Waals surface area contributed by atoms with Gasteiger partial charge in [0.15, 0.2) is 0 Å². The zero-order valence-corrected chi connectivity index (χ0v) is 5.88. The van der Waals surface area contributed by atoms with Crippen LogP contribution in [0.2, 0.25) is 0 Å². The first-order valence-electron chi connectivity index (χ1n) is 2.72. The first kappa shape index (κ1) is 8.68. The number of Topliss-reactive ketones (excluding diaryl/α,β-unsaturated/α-hetero) is 1. The van der Waals surface area contributed by atoms with E-state index in [0.29, 0.717) is 0 Å². The summed E-state index contributed by atoms with van der Waals surface area (Å²) in [5.41, 5.74) is 0. The van der Waals surface area contributed by atoms with Gasteiger partial charge in [-0.25, -0.2) is 4.79 Å². The molecular weight excluding hydrogens is 134 g/mol. The molecule has 0 unspecified atom stereocenters. The van der Waals surface area contributed by atoms with Crippen molar-refractivity contribution in [2.24, 2.45) is 0 Å². The molecule has 0 bridgehead atoms. The van der Waals surface area contributed by atoms with Gasteiger partial charge >= 0.3 is 5.76 Å². The van der Waals surface area contributed by atoms with Crippen LogP contribution in [0.1, 0.15) is 13.8 Å². The number of aromatic nitrogens is 1. The minimum atomic E-state index is -0.407. The molecule has 56 valence electrons. The Balaban J connectivity index is 0.000000180. The van der Waals surface area contributed by atoms with E-state index >= 15 is 0 Å². The second-order valence-electron chi connectivity index (χ2n) is 1.76. The third kappa shape index (κ3) is 6.68. The summed E-state index contributed by atoms with van der Waals surface area (Å²) < 4.78 is 4.22. The van der Waals surface area contributed by atoms with Gasteiger partial charge in [0.1, 0.15) is 12.0 Å². The molecule has 0 saturated carbocycles. The number of aromatic amines is 1. The highest BCUT2D eigenvalue weighted by Crippen LogP contribution is 1.62. The van der Waals surface area contributed by atoms with E-state index in [2.05, 4.69) is 9.40 Å². The van der Waals surface area contributed by atoms with Gasteiger partial charge in [0.2, 0.25) is 0 Å². The quantitative estimate of drug-likeness (QED) is 0.577. The number of carbonyl (C=O) groups is 1. The topological polar surface area (TPSA) is 63.1 Å². The molecule has 0 amide bonds. The minimum absolute atomic E-state index is 0.167. The van der Waals surface area contributed by atoms with Crippen molar-refractivity contribution in [3.8, 4) is 0 Å². The smallest absolute Gasteiger partial charge is 0.416 e. The molecule has 0 spiro atoms. The number of carbonyl (C=O) groups excluding carboxylic acids is 1. The molecule has 0 fully saturated rings. The number of nitrogens with one attached hydrogen (secondary N) is 1. The number of hydrogen-bond acceptors (Lipinski definition) is 3. The van der Waals surface area contributed by atoms with Gasteiger partial charge in [-0.1, -0.05) is 0 Å². The summed E-state index contributed by atoms with van der Waals surface area (Å²) in [6.07, 6.45) is 2.73. The lowest BCUT2D eigenvalue weighted by Crippen LogP contribution is -1.91. The van der Waals surface area contributed by atoms with Crippen molar-refractivity contribution in [3.63, 3.8) is 0 Å². The zero-order valence-electron chi connectivity index (χ0n) is 5.88. The summed E-state index contributed by atoms with van der Waals surface area (Å²) in [5.74, 6) is -0.241. The average molecular weight is 143 g/mol. The van der Waals surface area contributed by atoms with E-state index in [4.69, 9.17) is 0 Å². The lowest BCUT2D eigenvalue weighted by molar-refractivity contribution is -0.114. The van der Waals surface area contributed by atoms with E-state index in [0.717, 1.165) is 0 Å². The monoisotopic (exact) mass is 143 g/mol. The van der Waals surface area contributed by atoms with Crippen molar-refractivity contribution in [2.45, 2.75) is 13.8 Å². The van der Waals surface area contributed by atoms with Crippen LogP contribution in [0.25, 0.3) is 0 Å². The maximum Gasteiger partial charge on any atom is 0.416 e. The summed E-state index contributed by atoms with van der Waals surface area (Å²) in [6, 6.07) is 0. The summed E-state index contributed by atoms with van der Waals surface area (Å²) >= 11 is 0. The fourth-order valence-corrected chi connectivity index (χ4v) is 0.232. The molecule has 0 aromatic carbocycles. The second kappa shape index (κ2) is 4.55. The molecule has 4 nitrogen and oxygen atoms in total. The van der Waals surface area contributed by atoms with E-state index in [1.54, 1.807) is 0 Å². The first-order chi connectivity index (χ1) is 4.63. The molecule has 10 heavy (non-hydrogen) atoms. The van der Waals surface area contributed by atoms with Crippen LogP contribution >= 0.6 is 0 Å². The maximum atomic E-state index is 9.85. The van der Waals surface area contributed by atoms with Crippen LogP contribution < -0.4 is 5.76 Å². The van der Waals surface area contributed by atoms with Crippen LogP contribution in [0.5, 0.6) is 0 Å². The van der Waals surface area contributed by atoms with Gasteiger partial charge in [-0.2, -0.15) is 0 Å². The summed E-state index contributed by atoms with van der Waals surface area (Å²) in [4.78, 5) is 21.6. The largest absolute Gasteiger partial charge is 0.417 e. The molecule has 0 saturated heterocycles. The molecular formula is C6H9NO3. The summed E-state index contributed by atoms with van der Waals surface area (Å²) in [7, 11) is 0. The molecule has 0 atom stereocenters. The third-order valence-corrected chi connectivity index (χ3v) is 0.444. The van der Waals surface area contributed by atoms with Crippen molar-refractivity contribution in [1.29, 1.82) is 0 Å². The Morgan fingerprint density at radius 3 is 2.20 bits per heavy atom. The van der Waals surface area contributed by atoms with Crippen LogP contribution in [0.3, 0.4) is 0 Å².